The van der Waals surface area contributed by atoms with Gasteiger partial charge in [0.05, 0.1) is 0 Å². The molecule has 0 heterocycles. The molecule has 0 saturated heterocycles. The molecule has 2 nitrogen and oxygen atoms in total. The Morgan fingerprint density at radius 2 is 2.00 bits per heavy atom. The zero-order valence-corrected chi connectivity index (χ0v) is 7.87. The van der Waals surface area contributed by atoms with Gasteiger partial charge < -0.3 is 10.2 Å². The van der Waals surface area contributed by atoms with E-state index in [4.69, 9.17) is 5.11 Å². The van der Waals surface area contributed by atoms with Crippen molar-refractivity contribution in [3.05, 3.63) is 0 Å². The smallest absolute Gasteiger partial charge is 0.276 e. The molecule has 2 N–H and O–H groups in total. The first kappa shape index (κ1) is 10.9. The second-order valence-electron chi connectivity index (χ2n) is 4.15. The minimum absolute atomic E-state index is 0.166. The molecule has 1 fully saturated rings. The molecule has 0 unspecified atom stereocenters. The molecule has 4 heteroatoms. The number of aliphatic hydroxyl groups is 2. The van der Waals surface area contributed by atoms with Crippen LogP contribution >= 0.6 is 0 Å². The highest BCUT2D eigenvalue weighted by Crippen LogP contribution is 2.47. The Hall–Kier alpha value is -0.220. The van der Waals surface area contributed by atoms with Crippen molar-refractivity contribution in [2.24, 2.45) is 17.8 Å². The van der Waals surface area contributed by atoms with Crippen molar-refractivity contribution in [3.63, 3.8) is 0 Å². The van der Waals surface area contributed by atoms with Gasteiger partial charge in [0.2, 0.25) is 0 Å². The number of halogens is 2. The van der Waals surface area contributed by atoms with Crippen LogP contribution in [-0.2, 0) is 0 Å². The van der Waals surface area contributed by atoms with Gasteiger partial charge in [0.25, 0.3) is 5.92 Å². The molecule has 0 aromatic heterocycles. The van der Waals surface area contributed by atoms with Gasteiger partial charge in [-0.15, -0.1) is 0 Å². The van der Waals surface area contributed by atoms with E-state index in [1.165, 1.54) is 0 Å². The molecule has 0 spiro atoms. The van der Waals surface area contributed by atoms with E-state index < -0.39 is 23.9 Å². The maximum atomic E-state index is 13.3. The molecule has 0 radical (unpaired) electrons. The van der Waals surface area contributed by atoms with E-state index in [1.807, 2.05) is 0 Å². The number of alkyl halides is 2. The molecule has 3 atom stereocenters. The Morgan fingerprint density at radius 3 is 2.23 bits per heavy atom. The lowest BCUT2D eigenvalue weighted by Gasteiger charge is -2.24. The summed E-state index contributed by atoms with van der Waals surface area (Å²) >= 11 is 0. The standard InChI is InChI=1S/C9H16F2O2/c1-5(2)7-3-6(4-12)8(13)9(7,10)11/h5-8,12-13H,3-4H2,1-2H3/t6-,7+,8-/m1/s1. The molecule has 1 aliphatic rings. The SMILES string of the molecule is CC(C)[C@@H]1C[C@H](CO)[C@@H](O)C1(F)F. The topological polar surface area (TPSA) is 40.5 Å². The van der Waals surface area contributed by atoms with Gasteiger partial charge in [-0.25, -0.2) is 8.78 Å². The zero-order chi connectivity index (χ0) is 10.2. The molecule has 78 valence electrons. The zero-order valence-electron chi connectivity index (χ0n) is 7.87. The molecule has 0 aromatic rings. The quantitative estimate of drug-likeness (QED) is 0.695. The van der Waals surface area contributed by atoms with Gasteiger partial charge in [-0.2, -0.15) is 0 Å². The molecule has 1 rings (SSSR count). The van der Waals surface area contributed by atoms with Crippen LogP contribution in [-0.4, -0.2) is 28.8 Å². The van der Waals surface area contributed by atoms with Crippen LogP contribution in [0, 0.1) is 17.8 Å². The van der Waals surface area contributed by atoms with Crippen LogP contribution < -0.4 is 0 Å². The van der Waals surface area contributed by atoms with E-state index in [2.05, 4.69) is 0 Å². The van der Waals surface area contributed by atoms with Crippen LogP contribution in [0.25, 0.3) is 0 Å². The van der Waals surface area contributed by atoms with E-state index >= 15 is 0 Å². The van der Waals surface area contributed by atoms with E-state index in [-0.39, 0.29) is 18.9 Å². The van der Waals surface area contributed by atoms with Crippen LogP contribution in [0.5, 0.6) is 0 Å². The Kier molecular flexibility index (Phi) is 2.92. The van der Waals surface area contributed by atoms with Gasteiger partial charge in [0, 0.05) is 18.4 Å². The predicted molar refractivity (Wildman–Crippen MR) is 44.5 cm³/mol. The Labute approximate surface area is 76.6 Å². The fourth-order valence-electron chi connectivity index (χ4n) is 2.04. The fourth-order valence-corrected chi connectivity index (χ4v) is 2.04. The number of aliphatic hydroxyl groups excluding tert-OH is 2. The van der Waals surface area contributed by atoms with Crippen molar-refractivity contribution in [2.45, 2.75) is 32.3 Å². The maximum Gasteiger partial charge on any atom is 0.276 e. The number of rotatable bonds is 2. The normalized spacial score (nSPS) is 38.5. The molecule has 0 bridgehead atoms. The van der Waals surface area contributed by atoms with Crippen molar-refractivity contribution in [1.29, 1.82) is 0 Å². The second-order valence-corrected chi connectivity index (χ2v) is 4.15. The average Bonchev–Trinajstić information content (AvgIpc) is 2.25. The third kappa shape index (κ3) is 1.70. The Balaban J connectivity index is 2.80. The summed E-state index contributed by atoms with van der Waals surface area (Å²) in [5.41, 5.74) is 0. The van der Waals surface area contributed by atoms with E-state index in [1.54, 1.807) is 13.8 Å². The first-order valence-electron chi connectivity index (χ1n) is 4.58. The van der Waals surface area contributed by atoms with Crippen molar-refractivity contribution in [1.82, 2.24) is 0 Å². The summed E-state index contributed by atoms with van der Waals surface area (Å²) in [6.07, 6.45) is -1.47. The summed E-state index contributed by atoms with van der Waals surface area (Å²) in [4.78, 5) is 0. The molecule has 0 amide bonds. The lowest BCUT2D eigenvalue weighted by molar-refractivity contribution is -0.134. The third-order valence-electron chi connectivity index (χ3n) is 2.93. The fraction of sp³-hybridized carbons (Fsp3) is 1.00. The van der Waals surface area contributed by atoms with Crippen molar-refractivity contribution < 1.29 is 19.0 Å². The van der Waals surface area contributed by atoms with E-state index in [0.717, 1.165) is 0 Å². The van der Waals surface area contributed by atoms with Gasteiger partial charge >= 0.3 is 0 Å². The summed E-state index contributed by atoms with van der Waals surface area (Å²) < 4.78 is 26.7. The molecule has 1 aliphatic carbocycles. The van der Waals surface area contributed by atoms with Crippen LogP contribution in [0.1, 0.15) is 20.3 Å². The first-order chi connectivity index (χ1) is 5.91. The van der Waals surface area contributed by atoms with Crippen LogP contribution in [0.4, 0.5) is 8.78 Å². The predicted octanol–water partition coefficient (Wildman–Crippen LogP) is 1.27. The molecular weight excluding hydrogens is 178 g/mol. The third-order valence-corrected chi connectivity index (χ3v) is 2.93. The first-order valence-corrected chi connectivity index (χ1v) is 4.58. The van der Waals surface area contributed by atoms with Crippen LogP contribution in [0.3, 0.4) is 0 Å². The van der Waals surface area contributed by atoms with E-state index in [0.29, 0.717) is 0 Å². The minimum Gasteiger partial charge on any atom is -0.396 e. The van der Waals surface area contributed by atoms with Gasteiger partial charge in [0.15, 0.2) is 0 Å². The maximum absolute atomic E-state index is 13.3. The summed E-state index contributed by atoms with van der Waals surface area (Å²) in [6, 6.07) is 0. The highest BCUT2D eigenvalue weighted by Gasteiger charge is 2.56. The van der Waals surface area contributed by atoms with E-state index in [9.17, 15) is 13.9 Å². The lowest BCUT2D eigenvalue weighted by atomic mass is 9.91. The van der Waals surface area contributed by atoms with Crippen molar-refractivity contribution >= 4 is 0 Å². The Bertz CT molecular complexity index is 182. The van der Waals surface area contributed by atoms with Crippen molar-refractivity contribution in [3.8, 4) is 0 Å². The van der Waals surface area contributed by atoms with Gasteiger partial charge in [-0.05, 0) is 12.3 Å². The summed E-state index contributed by atoms with van der Waals surface area (Å²) in [5.74, 6) is -4.68. The van der Waals surface area contributed by atoms with Gasteiger partial charge in [-0.1, -0.05) is 13.8 Å². The largest absolute Gasteiger partial charge is 0.396 e. The number of hydrogen-bond donors (Lipinski definition) is 2. The van der Waals surface area contributed by atoms with Crippen LogP contribution in [0.2, 0.25) is 0 Å². The summed E-state index contributed by atoms with van der Waals surface area (Å²) in [7, 11) is 0. The van der Waals surface area contributed by atoms with Crippen molar-refractivity contribution in [2.75, 3.05) is 6.61 Å². The average molecular weight is 194 g/mol. The minimum atomic E-state index is -3.04. The Morgan fingerprint density at radius 1 is 1.46 bits per heavy atom. The monoisotopic (exact) mass is 194 g/mol. The van der Waals surface area contributed by atoms with Crippen LogP contribution in [0.15, 0.2) is 0 Å². The van der Waals surface area contributed by atoms with Gasteiger partial charge in [-0.3, -0.25) is 0 Å². The summed E-state index contributed by atoms with van der Waals surface area (Å²) in [5, 5.41) is 18.0. The molecule has 0 aliphatic heterocycles. The highest BCUT2D eigenvalue weighted by atomic mass is 19.3. The molecule has 1 saturated carbocycles. The lowest BCUT2D eigenvalue weighted by Crippen LogP contribution is -2.38. The van der Waals surface area contributed by atoms with Gasteiger partial charge in [0.1, 0.15) is 6.10 Å². The molecular formula is C9H16F2O2. The molecule has 13 heavy (non-hydrogen) atoms. The highest BCUT2D eigenvalue weighted by molar-refractivity contribution is 4.97. The molecule has 0 aromatic carbocycles. The number of hydrogen-bond acceptors (Lipinski definition) is 2. The summed E-state index contributed by atoms with van der Waals surface area (Å²) in [6.45, 7) is 3.07. The second kappa shape index (κ2) is 3.50.